The smallest absolute Gasteiger partial charge is 0.306 e. The summed E-state index contributed by atoms with van der Waals surface area (Å²) in [5.74, 6) is 7.57. The highest BCUT2D eigenvalue weighted by atomic mass is 16.5. The molecule has 4 aliphatic rings. The first-order valence-corrected chi connectivity index (χ1v) is 21.1. The molecule has 272 valence electrons. The van der Waals surface area contributed by atoms with Crippen LogP contribution in [0.4, 0.5) is 0 Å². The lowest BCUT2D eigenvalue weighted by Crippen LogP contribution is -2.51. The minimum Gasteiger partial charge on any atom is -0.466 e. The highest BCUT2D eigenvalue weighted by molar-refractivity contribution is 5.69. The monoisotopic (exact) mass is 663 g/mol. The van der Waals surface area contributed by atoms with Crippen LogP contribution in [-0.4, -0.2) is 12.1 Å². The molecule has 8 unspecified atom stereocenters. The van der Waals surface area contributed by atoms with E-state index >= 15 is 0 Å². The van der Waals surface area contributed by atoms with Crippen LogP contribution in [-0.2, 0) is 22.4 Å². The Kier molecular flexibility index (Phi) is 13.9. The van der Waals surface area contributed by atoms with Gasteiger partial charge in [0.05, 0.1) is 0 Å². The first-order valence-electron chi connectivity index (χ1n) is 21.1. The van der Waals surface area contributed by atoms with Gasteiger partial charge in [-0.3, -0.25) is 4.79 Å². The first kappa shape index (κ1) is 37.7. The van der Waals surface area contributed by atoms with Gasteiger partial charge in [0.25, 0.3) is 0 Å². The SMILES string of the molecule is CCCCCc1ccc(CCCCCCCCC(=O)OC2CCC3(C)C(=CCC4C3CCC3(C)C(C(C)CCCC(C)C)CCC43)C2)o1. The van der Waals surface area contributed by atoms with Crippen molar-refractivity contribution in [3.8, 4) is 0 Å². The summed E-state index contributed by atoms with van der Waals surface area (Å²) < 4.78 is 12.1. The zero-order chi connectivity index (χ0) is 34.1. The summed E-state index contributed by atoms with van der Waals surface area (Å²) in [6.45, 7) is 14.9. The van der Waals surface area contributed by atoms with Gasteiger partial charge < -0.3 is 9.15 Å². The number of unbranched alkanes of at least 4 members (excludes halogenated alkanes) is 7. The van der Waals surface area contributed by atoms with E-state index in [2.05, 4.69) is 59.8 Å². The molecule has 3 heteroatoms. The second-order valence-electron chi connectivity index (χ2n) is 18.1. The van der Waals surface area contributed by atoms with Gasteiger partial charge in [-0.05, 0) is 123 Å². The molecule has 3 fully saturated rings. The molecule has 0 spiro atoms. The van der Waals surface area contributed by atoms with Gasteiger partial charge in [-0.25, -0.2) is 0 Å². The Hall–Kier alpha value is -1.51. The molecule has 1 heterocycles. The maximum absolute atomic E-state index is 12.8. The second kappa shape index (κ2) is 17.6. The van der Waals surface area contributed by atoms with Crippen molar-refractivity contribution < 1.29 is 13.9 Å². The largest absolute Gasteiger partial charge is 0.466 e. The predicted molar refractivity (Wildman–Crippen MR) is 201 cm³/mol. The van der Waals surface area contributed by atoms with Gasteiger partial charge in [0.1, 0.15) is 17.6 Å². The molecule has 8 atom stereocenters. The lowest BCUT2D eigenvalue weighted by molar-refractivity contribution is -0.151. The van der Waals surface area contributed by atoms with Crippen molar-refractivity contribution in [1.82, 2.24) is 0 Å². The molecule has 0 saturated heterocycles. The maximum Gasteiger partial charge on any atom is 0.306 e. The van der Waals surface area contributed by atoms with Crippen LogP contribution >= 0.6 is 0 Å². The van der Waals surface area contributed by atoms with E-state index in [4.69, 9.17) is 9.15 Å². The minimum absolute atomic E-state index is 0.0402. The van der Waals surface area contributed by atoms with Crippen LogP contribution in [0.5, 0.6) is 0 Å². The van der Waals surface area contributed by atoms with Crippen molar-refractivity contribution in [1.29, 1.82) is 0 Å². The zero-order valence-corrected chi connectivity index (χ0v) is 32.3. The van der Waals surface area contributed by atoms with Crippen LogP contribution in [0.25, 0.3) is 0 Å². The van der Waals surface area contributed by atoms with Crippen molar-refractivity contribution in [2.75, 3.05) is 0 Å². The van der Waals surface area contributed by atoms with E-state index in [0.29, 0.717) is 17.3 Å². The second-order valence-corrected chi connectivity index (χ2v) is 18.1. The molecule has 0 radical (unpaired) electrons. The normalized spacial score (nSPS) is 32.0. The van der Waals surface area contributed by atoms with Gasteiger partial charge >= 0.3 is 5.97 Å². The van der Waals surface area contributed by atoms with E-state index in [0.717, 1.165) is 85.6 Å². The van der Waals surface area contributed by atoms with Crippen LogP contribution in [0.15, 0.2) is 28.2 Å². The average molecular weight is 663 g/mol. The number of allylic oxidation sites excluding steroid dienone is 1. The number of esters is 1. The summed E-state index contributed by atoms with van der Waals surface area (Å²) in [5, 5.41) is 0. The summed E-state index contributed by atoms with van der Waals surface area (Å²) in [4.78, 5) is 12.8. The zero-order valence-electron chi connectivity index (χ0n) is 32.3. The number of hydrogen-bond acceptors (Lipinski definition) is 3. The van der Waals surface area contributed by atoms with Crippen molar-refractivity contribution in [3.05, 3.63) is 35.3 Å². The molecule has 0 aliphatic heterocycles. The van der Waals surface area contributed by atoms with E-state index in [1.54, 1.807) is 5.57 Å². The van der Waals surface area contributed by atoms with E-state index in [1.807, 2.05) is 0 Å². The number of furan rings is 1. The molecular weight excluding hydrogens is 588 g/mol. The third-order valence-corrected chi connectivity index (χ3v) is 14.4. The molecule has 3 nitrogen and oxygen atoms in total. The summed E-state index contributed by atoms with van der Waals surface area (Å²) in [6.07, 6.45) is 30.7. The Bertz CT molecular complexity index is 1160. The Balaban J connectivity index is 0.987. The van der Waals surface area contributed by atoms with Gasteiger partial charge in [-0.2, -0.15) is 0 Å². The number of hydrogen-bond donors (Lipinski definition) is 0. The molecule has 0 amide bonds. The standard InChI is InChI=1S/C45H74O3/c1-7-8-13-19-36-23-24-37(47-36)20-14-11-9-10-12-15-21-43(46)48-38-28-30-44(5)35(32-38)22-25-39-41-27-26-40(34(4)18-16-17-33(2)3)45(41,6)31-29-42(39)44/h22-24,33-34,38-42H,7-21,25-32H2,1-6H3. The molecule has 0 aromatic carbocycles. The van der Waals surface area contributed by atoms with Gasteiger partial charge in [0.2, 0.25) is 0 Å². The predicted octanol–water partition coefficient (Wildman–Crippen LogP) is 13.2. The molecule has 3 saturated carbocycles. The van der Waals surface area contributed by atoms with Crippen molar-refractivity contribution in [2.45, 2.75) is 195 Å². The third-order valence-electron chi connectivity index (χ3n) is 14.4. The van der Waals surface area contributed by atoms with Gasteiger partial charge in [-0.15, -0.1) is 0 Å². The molecule has 48 heavy (non-hydrogen) atoms. The van der Waals surface area contributed by atoms with Crippen molar-refractivity contribution in [2.24, 2.45) is 46.3 Å². The van der Waals surface area contributed by atoms with Crippen LogP contribution < -0.4 is 0 Å². The molecule has 0 N–H and O–H groups in total. The van der Waals surface area contributed by atoms with Crippen LogP contribution in [0, 0.1) is 46.3 Å². The van der Waals surface area contributed by atoms with E-state index in [1.165, 1.54) is 103 Å². The topological polar surface area (TPSA) is 39.4 Å². The quantitative estimate of drug-likeness (QED) is 0.0840. The van der Waals surface area contributed by atoms with Gasteiger partial charge in [0, 0.05) is 25.7 Å². The fourth-order valence-electron chi connectivity index (χ4n) is 11.5. The van der Waals surface area contributed by atoms with Gasteiger partial charge in [0.15, 0.2) is 0 Å². The molecule has 0 bridgehead atoms. The maximum atomic E-state index is 12.8. The Morgan fingerprint density at radius 1 is 0.833 bits per heavy atom. The Morgan fingerprint density at radius 2 is 1.54 bits per heavy atom. The van der Waals surface area contributed by atoms with Crippen LogP contribution in [0.1, 0.15) is 188 Å². The highest BCUT2D eigenvalue weighted by Crippen LogP contribution is 2.67. The fourth-order valence-corrected chi connectivity index (χ4v) is 11.5. The number of carbonyl (C=O) groups excluding carboxylic acids is 1. The number of rotatable bonds is 19. The van der Waals surface area contributed by atoms with E-state index in [9.17, 15) is 4.79 Å². The fraction of sp³-hybridized carbons (Fsp3) is 0.844. The van der Waals surface area contributed by atoms with Crippen molar-refractivity contribution in [3.63, 3.8) is 0 Å². The minimum atomic E-state index is 0.0402. The molecule has 1 aromatic heterocycles. The number of carbonyl (C=O) groups is 1. The molecule has 1 aromatic rings. The summed E-state index contributed by atoms with van der Waals surface area (Å²) in [6, 6.07) is 4.34. The first-order chi connectivity index (χ1) is 23.1. The lowest BCUT2D eigenvalue weighted by atomic mass is 9.47. The number of aryl methyl sites for hydroxylation is 2. The van der Waals surface area contributed by atoms with Crippen LogP contribution in [0.2, 0.25) is 0 Å². The Labute approximate surface area is 296 Å². The summed E-state index contributed by atoms with van der Waals surface area (Å²) in [7, 11) is 0. The molecule has 5 rings (SSSR count). The van der Waals surface area contributed by atoms with Gasteiger partial charge in [-0.1, -0.05) is 111 Å². The third kappa shape index (κ3) is 9.23. The number of ether oxygens (including phenoxy) is 1. The van der Waals surface area contributed by atoms with Crippen molar-refractivity contribution >= 4 is 5.97 Å². The summed E-state index contributed by atoms with van der Waals surface area (Å²) in [5.41, 5.74) is 2.50. The van der Waals surface area contributed by atoms with Crippen LogP contribution in [0.3, 0.4) is 0 Å². The average Bonchev–Trinajstić information content (AvgIpc) is 3.66. The Morgan fingerprint density at radius 3 is 2.27 bits per heavy atom. The highest BCUT2D eigenvalue weighted by Gasteiger charge is 2.59. The molecule has 4 aliphatic carbocycles. The number of fused-ring (bicyclic) bond motifs is 5. The van der Waals surface area contributed by atoms with E-state index in [-0.39, 0.29) is 12.1 Å². The van der Waals surface area contributed by atoms with E-state index < -0.39 is 0 Å². The summed E-state index contributed by atoms with van der Waals surface area (Å²) >= 11 is 0. The lowest BCUT2D eigenvalue weighted by Gasteiger charge is -2.58. The molecular formula is C45H74O3.